The van der Waals surface area contributed by atoms with Crippen LogP contribution in [0.2, 0.25) is 0 Å². The quantitative estimate of drug-likeness (QED) is 0.842. The highest BCUT2D eigenvalue weighted by Gasteiger charge is 2.23. The van der Waals surface area contributed by atoms with E-state index in [1.54, 1.807) is 0 Å². The maximum absolute atomic E-state index is 5.95. The molecule has 0 bridgehead atoms. The number of anilines is 1. The number of hydrogen-bond acceptors (Lipinski definition) is 3. The van der Waals surface area contributed by atoms with Crippen LogP contribution >= 0.6 is 0 Å². The van der Waals surface area contributed by atoms with Gasteiger partial charge >= 0.3 is 0 Å². The van der Waals surface area contributed by atoms with Crippen LogP contribution in [0.1, 0.15) is 38.4 Å². The number of morpholine rings is 1. The zero-order valence-corrected chi connectivity index (χ0v) is 12.7. The second-order valence-corrected chi connectivity index (χ2v) is 6.23. The van der Waals surface area contributed by atoms with Crippen molar-refractivity contribution in [2.24, 2.45) is 0 Å². The molecule has 0 spiro atoms. The van der Waals surface area contributed by atoms with E-state index in [2.05, 4.69) is 47.9 Å². The van der Waals surface area contributed by atoms with Crippen molar-refractivity contribution in [3.63, 3.8) is 0 Å². The van der Waals surface area contributed by atoms with Crippen LogP contribution in [-0.4, -0.2) is 43.7 Å². The molecule has 2 aliphatic rings. The lowest BCUT2D eigenvalue weighted by molar-refractivity contribution is -0.0401. The van der Waals surface area contributed by atoms with Crippen molar-refractivity contribution in [1.82, 2.24) is 4.90 Å². The molecule has 0 unspecified atom stereocenters. The minimum Gasteiger partial charge on any atom is -0.372 e. The summed E-state index contributed by atoms with van der Waals surface area (Å²) in [7, 11) is 0. The van der Waals surface area contributed by atoms with Gasteiger partial charge in [0, 0.05) is 37.9 Å². The van der Waals surface area contributed by atoms with Crippen LogP contribution in [0.4, 0.5) is 5.69 Å². The molecule has 2 saturated heterocycles. The Labute approximate surface area is 122 Å². The maximum atomic E-state index is 5.95. The van der Waals surface area contributed by atoms with Crippen LogP contribution in [-0.2, 0) is 4.74 Å². The van der Waals surface area contributed by atoms with E-state index in [-0.39, 0.29) is 6.10 Å². The normalized spacial score (nSPS) is 24.6. The van der Waals surface area contributed by atoms with Crippen molar-refractivity contribution in [3.8, 4) is 0 Å². The lowest BCUT2D eigenvalue weighted by Gasteiger charge is -2.35. The minimum absolute atomic E-state index is 0.235. The van der Waals surface area contributed by atoms with Crippen molar-refractivity contribution in [3.05, 3.63) is 29.8 Å². The first-order valence-corrected chi connectivity index (χ1v) is 7.94. The van der Waals surface area contributed by atoms with Crippen molar-refractivity contribution >= 4 is 5.69 Å². The van der Waals surface area contributed by atoms with E-state index < -0.39 is 0 Å². The first-order valence-electron chi connectivity index (χ1n) is 7.94. The Hall–Kier alpha value is -1.06. The van der Waals surface area contributed by atoms with Gasteiger partial charge in [-0.05, 0) is 44.4 Å². The average molecular weight is 274 g/mol. The largest absolute Gasteiger partial charge is 0.372 e. The van der Waals surface area contributed by atoms with Crippen molar-refractivity contribution in [2.45, 2.75) is 38.8 Å². The van der Waals surface area contributed by atoms with E-state index in [4.69, 9.17) is 4.74 Å². The summed E-state index contributed by atoms with van der Waals surface area (Å²) < 4.78 is 5.95. The lowest BCUT2D eigenvalue weighted by Crippen LogP contribution is -2.42. The molecule has 3 heteroatoms. The summed E-state index contributed by atoms with van der Waals surface area (Å²) in [5.41, 5.74) is 2.68. The molecule has 20 heavy (non-hydrogen) atoms. The highest BCUT2D eigenvalue weighted by Crippen LogP contribution is 2.26. The van der Waals surface area contributed by atoms with Crippen LogP contribution in [0.3, 0.4) is 0 Å². The predicted octanol–water partition coefficient (Wildman–Crippen LogP) is 3.07. The van der Waals surface area contributed by atoms with Crippen LogP contribution in [0.5, 0.6) is 0 Å². The molecule has 3 nitrogen and oxygen atoms in total. The summed E-state index contributed by atoms with van der Waals surface area (Å²) in [5, 5.41) is 0. The number of hydrogen-bond donors (Lipinski definition) is 0. The standard InChI is InChI=1S/C17H26N2O/c1-14(2)19-11-12-20-17(13-19)15-5-7-16(8-6-15)18-9-3-4-10-18/h5-8,14,17H,3-4,9-13H2,1-2H3/t17-/m0/s1. The predicted molar refractivity (Wildman–Crippen MR) is 83.3 cm³/mol. The Morgan fingerprint density at radius 2 is 1.75 bits per heavy atom. The van der Waals surface area contributed by atoms with Crippen LogP contribution in [0.25, 0.3) is 0 Å². The molecule has 0 N–H and O–H groups in total. The molecule has 2 fully saturated rings. The second-order valence-electron chi connectivity index (χ2n) is 6.23. The minimum atomic E-state index is 0.235. The Kier molecular flexibility index (Phi) is 4.27. The molecule has 2 heterocycles. The summed E-state index contributed by atoms with van der Waals surface area (Å²) in [6.45, 7) is 9.86. The van der Waals surface area contributed by atoms with Gasteiger partial charge in [-0.15, -0.1) is 0 Å². The van der Waals surface area contributed by atoms with Crippen molar-refractivity contribution in [1.29, 1.82) is 0 Å². The first-order chi connectivity index (χ1) is 9.74. The summed E-state index contributed by atoms with van der Waals surface area (Å²) >= 11 is 0. The lowest BCUT2D eigenvalue weighted by atomic mass is 10.1. The van der Waals surface area contributed by atoms with Gasteiger partial charge in [-0.25, -0.2) is 0 Å². The third-order valence-electron chi connectivity index (χ3n) is 4.56. The molecule has 2 aliphatic heterocycles. The number of ether oxygens (including phenoxy) is 1. The topological polar surface area (TPSA) is 15.7 Å². The fourth-order valence-electron chi connectivity index (χ4n) is 3.21. The van der Waals surface area contributed by atoms with Gasteiger partial charge in [0.1, 0.15) is 0 Å². The van der Waals surface area contributed by atoms with Gasteiger partial charge in [0.15, 0.2) is 0 Å². The molecule has 0 saturated carbocycles. The van der Waals surface area contributed by atoms with Crippen molar-refractivity contribution < 1.29 is 4.74 Å². The monoisotopic (exact) mass is 274 g/mol. The van der Waals surface area contributed by atoms with Crippen LogP contribution < -0.4 is 4.90 Å². The van der Waals surface area contributed by atoms with E-state index in [1.165, 1.54) is 37.2 Å². The Bertz CT molecular complexity index is 423. The SMILES string of the molecule is CC(C)N1CCO[C@H](c2ccc(N3CCCC3)cc2)C1. The maximum Gasteiger partial charge on any atom is 0.0952 e. The zero-order valence-electron chi connectivity index (χ0n) is 12.7. The zero-order chi connectivity index (χ0) is 13.9. The van der Waals surface area contributed by atoms with E-state index in [0.717, 1.165) is 19.7 Å². The first kappa shape index (κ1) is 13.9. The van der Waals surface area contributed by atoms with Gasteiger partial charge in [-0.2, -0.15) is 0 Å². The number of nitrogens with zero attached hydrogens (tertiary/aromatic N) is 2. The van der Waals surface area contributed by atoms with E-state index in [1.807, 2.05) is 0 Å². The van der Waals surface area contributed by atoms with E-state index in [9.17, 15) is 0 Å². The van der Waals surface area contributed by atoms with Gasteiger partial charge in [-0.1, -0.05) is 12.1 Å². The molecule has 1 aromatic rings. The molecule has 0 amide bonds. The molecule has 110 valence electrons. The van der Waals surface area contributed by atoms with E-state index in [0.29, 0.717) is 6.04 Å². The third kappa shape index (κ3) is 2.99. The highest BCUT2D eigenvalue weighted by molar-refractivity contribution is 5.48. The Morgan fingerprint density at radius 1 is 1.05 bits per heavy atom. The Morgan fingerprint density at radius 3 is 2.40 bits per heavy atom. The molecule has 1 aromatic carbocycles. The van der Waals surface area contributed by atoms with Crippen LogP contribution in [0.15, 0.2) is 24.3 Å². The number of rotatable bonds is 3. The molecule has 0 aliphatic carbocycles. The summed E-state index contributed by atoms with van der Waals surface area (Å²) in [5.74, 6) is 0. The fourth-order valence-corrected chi connectivity index (χ4v) is 3.21. The smallest absolute Gasteiger partial charge is 0.0952 e. The molecular weight excluding hydrogens is 248 g/mol. The molecule has 0 radical (unpaired) electrons. The van der Waals surface area contributed by atoms with Crippen molar-refractivity contribution in [2.75, 3.05) is 37.7 Å². The van der Waals surface area contributed by atoms with Gasteiger partial charge in [0.25, 0.3) is 0 Å². The van der Waals surface area contributed by atoms with Crippen LogP contribution in [0, 0.1) is 0 Å². The van der Waals surface area contributed by atoms with Gasteiger partial charge in [0.2, 0.25) is 0 Å². The summed E-state index contributed by atoms with van der Waals surface area (Å²) in [4.78, 5) is 4.98. The van der Waals surface area contributed by atoms with E-state index >= 15 is 0 Å². The van der Waals surface area contributed by atoms with Gasteiger partial charge < -0.3 is 9.64 Å². The molecule has 1 atom stereocenters. The highest BCUT2D eigenvalue weighted by atomic mass is 16.5. The number of benzene rings is 1. The second kappa shape index (κ2) is 6.15. The average Bonchev–Trinajstić information content (AvgIpc) is 3.02. The molecular formula is C17H26N2O. The third-order valence-corrected chi connectivity index (χ3v) is 4.56. The molecule has 0 aromatic heterocycles. The summed E-state index contributed by atoms with van der Waals surface area (Å²) in [6.07, 6.45) is 2.90. The van der Waals surface area contributed by atoms with Gasteiger partial charge in [-0.3, -0.25) is 4.90 Å². The molecule has 3 rings (SSSR count). The summed E-state index contributed by atoms with van der Waals surface area (Å²) in [6, 6.07) is 9.63. The fraction of sp³-hybridized carbons (Fsp3) is 0.647. The van der Waals surface area contributed by atoms with Gasteiger partial charge in [0.05, 0.1) is 12.7 Å². The Balaban J connectivity index is 1.67.